The number of anilines is 1. The standard InChI is InChI=1S/C10H12N6O2.C8H14.C2H6/c1-11-10(18)9-7(4-14-16-9)15-8(17)2-6-3-12-5-13-6;1-4-5-6-7-8(2)3;1-2/h3-5H,2H2,1H3,(H,11,18)(H,12,13)(H,14,16)(H,15,17);5-7H,4H2,1-3H3;1-2H3/b;6-5-;. The first-order chi connectivity index (χ1) is 13.5. The first kappa shape index (κ1) is 24.8. The fourth-order valence-corrected chi connectivity index (χ4v) is 1.82. The van der Waals surface area contributed by atoms with Crippen molar-refractivity contribution in [2.45, 2.75) is 47.5 Å². The number of nitrogens with zero attached hydrogens (tertiary/aromatic N) is 2. The lowest BCUT2D eigenvalue weighted by atomic mass is 10.3. The highest BCUT2D eigenvalue weighted by Gasteiger charge is 2.14. The Hall–Kier alpha value is -3.16. The lowest BCUT2D eigenvalue weighted by molar-refractivity contribution is -0.115. The van der Waals surface area contributed by atoms with Crippen molar-refractivity contribution in [1.82, 2.24) is 25.5 Å². The number of nitrogens with one attached hydrogen (secondary N) is 4. The Morgan fingerprint density at radius 1 is 1.21 bits per heavy atom. The first-order valence-corrected chi connectivity index (χ1v) is 9.30. The number of aromatic nitrogens is 4. The molecule has 28 heavy (non-hydrogen) atoms. The van der Waals surface area contributed by atoms with Crippen molar-refractivity contribution in [2.75, 3.05) is 12.4 Å². The van der Waals surface area contributed by atoms with Crippen LogP contribution in [0.3, 0.4) is 0 Å². The van der Waals surface area contributed by atoms with Crippen molar-refractivity contribution in [3.8, 4) is 0 Å². The van der Waals surface area contributed by atoms with Crippen molar-refractivity contribution in [2.24, 2.45) is 0 Å². The molecule has 2 aromatic heterocycles. The van der Waals surface area contributed by atoms with Gasteiger partial charge in [-0.25, -0.2) is 4.98 Å². The maximum Gasteiger partial charge on any atom is 0.271 e. The Labute approximate surface area is 166 Å². The van der Waals surface area contributed by atoms with E-state index >= 15 is 0 Å². The quantitative estimate of drug-likeness (QED) is 0.566. The third-order valence-corrected chi connectivity index (χ3v) is 3.07. The smallest absolute Gasteiger partial charge is 0.271 e. The zero-order chi connectivity index (χ0) is 21.4. The van der Waals surface area contributed by atoms with Gasteiger partial charge in [-0.15, -0.1) is 0 Å². The molecule has 4 N–H and O–H groups in total. The lowest BCUT2D eigenvalue weighted by Gasteiger charge is -2.03. The van der Waals surface area contributed by atoms with Crippen LogP contribution in [0.15, 0.2) is 42.5 Å². The van der Waals surface area contributed by atoms with Crippen molar-refractivity contribution in [3.63, 3.8) is 0 Å². The summed E-state index contributed by atoms with van der Waals surface area (Å²) < 4.78 is 0. The molecule has 0 saturated carbocycles. The molecule has 0 aliphatic heterocycles. The van der Waals surface area contributed by atoms with E-state index in [9.17, 15) is 9.59 Å². The van der Waals surface area contributed by atoms with E-state index in [0.29, 0.717) is 11.4 Å². The molecule has 0 spiro atoms. The largest absolute Gasteiger partial charge is 0.354 e. The summed E-state index contributed by atoms with van der Waals surface area (Å²) in [5.41, 5.74) is 2.61. The zero-order valence-corrected chi connectivity index (χ0v) is 17.6. The highest BCUT2D eigenvalue weighted by atomic mass is 16.2. The number of H-pyrrole nitrogens is 2. The summed E-state index contributed by atoms with van der Waals surface area (Å²) >= 11 is 0. The summed E-state index contributed by atoms with van der Waals surface area (Å²) in [6.07, 6.45) is 12.1. The molecule has 0 radical (unpaired) electrons. The Morgan fingerprint density at radius 3 is 2.46 bits per heavy atom. The highest BCUT2D eigenvalue weighted by Crippen LogP contribution is 2.11. The number of aromatic amines is 2. The van der Waals surface area contributed by atoms with E-state index < -0.39 is 0 Å². The van der Waals surface area contributed by atoms with Gasteiger partial charge in [-0.2, -0.15) is 5.10 Å². The Bertz CT molecular complexity index is 741. The van der Waals surface area contributed by atoms with Crippen LogP contribution in [0.5, 0.6) is 0 Å². The summed E-state index contributed by atoms with van der Waals surface area (Å²) in [7, 11) is 1.50. The number of hydrogen-bond acceptors (Lipinski definition) is 4. The minimum absolute atomic E-state index is 0.151. The molecule has 0 fully saturated rings. The Kier molecular flexibility index (Phi) is 13.3. The molecule has 8 nitrogen and oxygen atoms in total. The fraction of sp³-hybridized carbons (Fsp3) is 0.400. The third-order valence-electron chi connectivity index (χ3n) is 3.07. The molecule has 2 heterocycles. The fourth-order valence-electron chi connectivity index (χ4n) is 1.82. The highest BCUT2D eigenvalue weighted by molar-refractivity contribution is 6.02. The van der Waals surface area contributed by atoms with Crippen LogP contribution < -0.4 is 10.6 Å². The van der Waals surface area contributed by atoms with Crippen LogP contribution in [-0.2, 0) is 11.2 Å². The van der Waals surface area contributed by atoms with Gasteiger partial charge in [0.1, 0.15) is 5.69 Å². The van der Waals surface area contributed by atoms with E-state index in [1.807, 2.05) is 13.8 Å². The van der Waals surface area contributed by atoms with Crippen LogP contribution in [0.25, 0.3) is 0 Å². The average Bonchev–Trinajstić information content (AvgIpc) is 3.35. The van der Waals surface area contributed by atoms with Gasteiger partial charge >= 0.3 is 0 Å². The van der Waals surface area contributed by atoms with E-state index in [2.05, 4.69) is 69.8 Å². The van der Waals surface area contributed by atoms with Crippen LogP contribution >= 0.6 is 0 Å². The van der Waals surface area contributed by atoms with Crippen molar-refractivity contribution in [3.05, 3.63) is 53.9 Å². The van der Waals surface area contributed by atoms with Gasteiger partial charge in [-0.3, -0.25) is 14.7 Å². The molecular formula is C20H32N6O2. The van der Waals surface area contributed by atoms with E-state index in [1.165, 1.54) is 25.1 Å². The van der Waals surface area contributed by atoms with E-state index in [4.69, 9.17) is 0 Å². The summed E-state index contributed by atoms with van der Waals surface area (Å²) in [5.74, 6) is -0.602. The second-order valence-electron chi connectivity index (χ2n) is 5.62. The summed E-state index contributed by atoms with van der Waals surface area (Å²) in [5, 5.41) is 11.3. The molecule has 0 aromatic carbocycles. The molecule has 0 atom stereocenters. The molecule has 8 heteroatoms. The number of amides is 2. The number of carbonyl (C=O) groups excluding carboxylic acids is 2. The third kappa shape index (κ3) is 10.1. The predicted molar refractivity (Wildman–Crippen MR) is 113 cm³/mol. The number of allylic oxidation sites excluding steroid dienone is 4. The maximum absolute atomic E-state index is 11.7. The number of imidazole rings is 1. The van der Waals surface area contributed by atoms with Crippen LogP contribution in [0.2, 0.25) is 0 Å². The Morgan fingerprint density at radius 2 is 1.93 bits per heavy atom. The van der Waals surface area contributed by atoms with Gasteiger partial charge in [0, 0.05) is 18.9 Å². The van der Waals surface area contributed by atoms with Gasteiger partial charge in [-0.1, -0.05) is 44.6 Å². The topological polar surface area (TPSA) is 116 Å². The maximum atomic E-state index is 11.7. The average molecular weight is 389 g/mol. The van der Waals surface area contributed by atoms with Crippen LogP contribution in [0.1, 0.15) is 57.2 Å². The monoisotopic (exact) mass is 388 g/mol. The number of hydrogen-bond donors (Lipinski definition) is 4. The van der Waals surface area contributed by atoms with Crippen LogP contribution in [0, 0.1) is 0 Å². The van der Waals surface area contributed by atoms with Gasteiger partial charge in [0.15, 0.2) is 0 Å². The van der Waals surface area contributed by atoms with Crippen LogP contribution in [0.4, 0.5) is 5.69 Å². The number of rotatable bonds is 6. The van der Waals surface area contributed by atoms with E-state index in [-0.39, 0.29) is 23.9 Å². The molecule has 0 aliphatic rings. The second kappa shape index (κ2) is 15.0. The van der Waals surface area contributed by atoms with E-state index in [0.717, 1.165) is 6.42 Å². The molecule has 0 bridgehead atoms. The molecule has 2 aromatic rings. The first-order valence-electron chi connectivity index (χ1n) is 9.30. The summed E-state index contributed by atoms with van der Waals surface area (Å²) in [6.45, 7) is 10.3. The normalized spacial score (nSPS) is 9.50. The van der Waals surface area contributed by atoms with Gasteiger partial charge in [-0.05, 0) is 20.3 Å². The van der Waals surface area contributed by atoms with Crippen molar-refractivity contribution >= 4 is 17.5 Å². The molecule has 2 amide bonds. The Balaban J connectivity index is 0.000000618. The lowest BCUT2D eigenvalue weighted by Crippen LogP contribution is -2.22. The SMILES string of the molecule is CC.CC/C=C\C=C(C)C.CNC(=O)c1[nH]ncc1NC(=O)Cc1cnc[nH]1. The van der Waals surface area contributed by atoms with Crippen molar-refractivity contribution in [1.29, 1.82) is 0 Å². The number of carbonyl (C=O) groups is 2. The molecule has 154 valence electrons. The van der Waals surface area contributed by atoms with Gasteiger partial charge in [0.25, 0.3) is 5.91 Å². The molecule has 0 unspecified atom stereocenters. The zero-order valence-electron chi connectivity index (χ0n) is 17.6. The summed E-state index contributed by atoms with van der Waals surface area (Å²) in [4.78, 5) is 29.8. The minimum atomic E-state index is -0.343. The van der Waals surface area contributed by atoms with E-state index in [1.54, 1.807) is 6.20 Å². The van der Waals surface area contributed by atoms with Crippen molar-refractivity contribution < 1.29 is 9.59 Å². The van der Waals surface area contributed by atoms with Crippen LogP contribution in [-0.4, -0.2) is 39.0 Å². The molecular weight excluding hydrogens is 356 g/mol. The van der Waals surface area contributed by atoms with Gasteiger partial charge in [0.05, 0.1) is 24.6 Å². The molecule has 0 aliphatic carbocycles. The molecule has 0 saturated heterocycles. The molecule has 2 rings (SSSR count). The summed E-state index contributed by atoms with van der Waals surface area (Å²) in [6, 6.07) is 0. The van der Waals surface area contributed by atoms with Gasteiger partial charge < -0.3 is 15.6 Å². The minimum Gasteiger partial charge on any atom is -0.354 e. The second-order valence-corrected chi connectivity index (χ2v) is 5.62. The van der Waals surface area contributed by atoms with Gasteiger partial charge in [0.2, 0.25) is 5.91 Å². The predicted octanol–water partition coefficient (Wildman–Crippen LogP) is 3.62.